The van der Waals surface area contributed by atoms with E-state index in [9.17, 15) is 19.5 Å². The maximum atomic E-state index is 12.0. The van der Waals surface area contributed by atoms with Crippen molar-refractivity contribution in [3.63, 3.8) is 0 Å². The number of aliphatic hydroxyl groups is 1. The van der Waals surface area contributed by atoms with Crippen molar-refractivity contribution in [1.82, 2.24) is 0 Å². The Hall–Kier alpha value is -1.73. The van der Waals surface area contributed by atoms with Gasteiger partial charge in [0.2, 0.25) is 0 Å². The molecule has 108 valence electrons. The summed E-state index contributed by atoms with van der Waals surface area (Å²) in [6, 6.07) is 3.95. The van der Waals surface area contributed by atoms with Crippen LogP contribution in [0.3, 0.4) is 0 Å². The molecule has 0 aromatic heterocycles. The summed E-state index contributed by atoms with van der Waals surface area (Å²) in [4.78, 5) is 33.0. The number of carboxylic acids is 2. The van der Waals surface area contributed by atoms with Crippen LogP contribution in [0.4, 0.5) is 0 Å². The van der Waals surface area contributed by atoms with Crippen molar-refractivity contribution in [1.29, 1.82) is 0 Å². The molecule has 0 aliphatic carbocycles. The van der Waals surface area contributed by atoms with E-state index in [1.807, 2.05) is 0 Å². The summed E-state index contributed by atoms with van der Waals surface area (Å²) in [7, 11) is 0. The second-order valence-corrected chi connectivity index (χ2v) is 5.59. The Balaban J connectivity index is 3.33. The molecule has 0 heterocycles. The topological polar surface area (TPSA) is 112 Å². The molecular formula is C13H13BrO6. The van der Waals surface area contributed by atoms with E-state index in [-0.39, 0.29) is 17.5 Å². The molecule has 20 heavy (non-hydrogen) atoms. The van der Waals surface area contributed by atoms with Crippen molar-refractivity contribution in [3.05, 3.63) is 34.9 Å². The number of hydrogen-bond acceptors (Lipinski definition) is 4. The van der Waals surface area contributed by atoms with Gasteiger partial charge in [0.05, 0.1) is 11.2 Å². The first-order chi connectivity index (χ1) is 9.23. The number of hydrogen-bond donors (Lipinski definition) is 3. The first-order valence-electron chi connectivity index (χ1n) is 5.67. The molecule has 0 radical (unpaired) electrons. The molecule has 2 unspecified atom stereocenters. The number of Topliss-reactive ketones (excluding diaryl/α,β-unsaturated/α-hetero) is 1. The Kier molecular flexibility index (Phi) is 5.41. The molecule has 0 aliphatic rings. The van der Waals surface area contributed by atoms with Gasteiger partial charge in [-0.3, -0.25) is 9.59 Å². The van der Waals surface area contributed by atoms with Crippen molar-refractivity contribution in [3.8, 4) is 0 Å². The molecule has 0 saturated heterocycles. The molecule has 0 saturated carbocycles. The Morgan fingerprint density at radius 2 is 1.85 bits per heavy atom. The molecular weight excluding hydrogens is 332 g/mol. The van der Waals surface area contributed by atoms with E-state index >= 15 is 0 Å². The van der Waals surface area contributed by atoms with E-state index in [1.165, 1.54) is 18.2 Å². The predicted molar refractivity (Wildman–Crippen MR) is 73.1 cm³/mol. The highest BCUT2D eigenvalue weighted by Crippen LogP contribution is 2.23. The highest BCUT2D eigenvalue weighted by Gasteiger charge is 2.25. The van der Waals surface area contributed by atoms with Crippen molar-refractivity contribution in [2.24, 2.45) is 0 Å². The number of carbonyl (C=O) groups is 3. The van der Waals surface area contributed by atoms with E-state index in [0.29, 0.717) is 5.56 Å². The molecule has 0 spiro atoms. The number of aliphatic carboxylic acids is 2. The quantitative estimate of drug-likeness (QED) is 0.531. The van der Waals surface area contributed by atoms with E-state index in [1.54, 1.807) is 6.92 Å². The van der Waals surface area contributed by atoms with Crippen LogP contribution in [0.2, 0.25) is 0 Å². The molecule has 0 amide bonds. The molecule has 0 fully saturated rings. The van der Waals surface area contributed by atoms with Gasteiger partial charge in [-0.15, -0.1) is 0 Å². The zero-order valence-corrected chi connectivity index (χ0v) is 12.1. The lowest BCUT2D eigenvalue weighted by Gasteiger charge is -2.14. The fourth-order valence-corrected chi connectivity index (χ4v) is 1.93. The molecule has 1 aromatic rings. The van der Waals surface area contributed by atoms with Gasteiger partial charge in [-0.1, -0.05) is 28.1 Å². The second-order valence-electron chi connectivity index (χ2n) is 4.21. The summed E-state index contributed by atoms with van der Waals surface area (Å²) < 4.78 is 0. The third-order valence-electron chi connectivity index (χ3n) is 2.63. The van der Waals surface area contributed by atoms with Gasteiger partial charge < -0.3 is 15.3 Å². The van der Waals surface area contributed by atoms with Crippen LogP contribution in [0.5, 0.6) is 0 Å². The van der Waals surface area contributed by atoms with Crippen molar-refractivity contribution >= 4 is 33.7 Å². The first-order valence-corrected chi connectivity index (χ1v) is 6.59. The van der Waals surface area contributed by atoms with E-state index in [2.05, 4.69) is 15.9 Å². The Labute approximate surface area is 123 Å². The van der Waals surface area contributed by atoms with Crippen LogP contribution in [0.25, 0.3) is 0 Å². The van der Waals surface area contributed by atoms with Crippen LogP contribution < -0.4 is 0 Å². The number of ketones is 1. The van der Waals surface area contributed by atoms with Gasteiger partial charge in [-0.05, 0) is 18.6 Å². The lowest BCUT2D eigenvalue weighted by atomic mass is 9.94. The SMILES string of the molecule is CC(Br)C(=O)c1cc(CC(=O)O)ccc1C(O)C(=O)O. The lowest BCUT2D eigenvalue weighted by Crippen LogP contribution is -2.19. The average molecular weight is 345 g/mol. The van der Waals surface area contributed by atoms with Crippen LogP contribution in [0.1, 0.15) is 34.5 Å². The summed E-state index contributed by atoms with van der Waals surface area (Å²) in [6.07, 6.45) is -2.13. The number of halogens is 1. The minimum atomic E-state index is -1.83. The van der Waals surface area contributed by atoms with Gasteiger partial charge in [0.1, 0.15) is 0 Å². The molecule has 3 N–H and O–H groups in total. The van der Waals surface area contributed by atoms with E-state index in [0.717, 1.165) is 0 Å². The molecule has 0 aliphatic heterocycles. The molecule has 7 heteroatoms. The van der Waals surface area contributed by atoms with Gasteiger partial charge in [-0.2, -0.15) is 0 Å². The van der Waals surface area contributed by atoms with E-state index in [4.69, 9.17) is 10.2 Å². The van der Waals surface area contributed by atoms with Crippen LogP contribution in [-0.4, -0.2) is 37.9 Å². The zero-order chi connectivity index (χ0) is 15.4. The number of rotatable bonds is 6. The van der Waals surface area contributed by atoms with Crippen LogP contribution in [0.15, 0.2) is 18.2 Å². The van der Waals surface area contributed by atoms with Gasteiger partial charge in [0.25, 0.3) is 0 Å². The average Bonchev–Trinajstić information content (AvgIpc) is 2.35. The molecule has 1 rings (SSSR count). The first kappa shape index (κ1) is 16.3. The molecule has 0 bridgehead atoms. The highest BCUT2D eigenvalue weighted by atomic mass is 79.9. The Morgan fingerprint density at radius 1 is 1.25 bits per heavy atom. The molecule has 2 atom stereocenters. The Morgan fingerprint density at radius 3 is 2.30 bits per heavy atom. The van der Waals surface area contributed by atoms with Crippen molar-refractivity contribution in [2.75, 3.05) is 0 Å². The van der Waals surface area contributed by atoms with Crippen molar-refractivity contribution in [2.45, 2.75) is 24.3 Å². The Bertz CT molecular complexity index is 552. The fraction of sp³-hybridized carbons (Fsp3) is 0.308. The second kappa shape index (κ2) is 6.62. The molecule has 1 aromatic carbocycles. The maximum absolute atomic E-state index is 12.0. The van der Waals surface area contributed by atoms with Crippen LogP contribution in [-0.2, 0) is 16.0 Å². The number of carbonyl (C=O) groups excluding carboxylic acids is 1. The summed E-state index contributed by atoms with van der Waals surface area (Å²) in [6.45, 7) is 1.56. The van der Waals surface area contributed by atoms with Crippen LogP contribution in [0, 0.1) is 0 Å². The lowest BCUT2D eigenvalue weighted by molar-refractivity contribution is -0.147. The minimum Gasteiger partial charge on any atom is -0.481 e. The predicted octanol–water partition coefficient (Wildman–Crippen LogP) is 1.40. The number of aliphatic hydroxyl groups excluding tert-OH is 1. The largest absolute Gasteiger partial charge is 0.481 e. The van der Waals surface area contributed by atoms with Gasteiger partial charge in [0, 0.05) is 11.1 Å². The van der Waals surface area contributed by atoms with Gasteiger partial charge >= 0.3 is 11.9 Å². The van der Waals surface area contributed by atoms with E-state index < -0.39 is 28.7 Å². The standard InChI is InChI=1S/C13H13BrO6/c1-6(14)11(17)9-4-7(5-10(15)16)2-3-8(9)12(18)13(19)20/h2-4,6,12,18H,5H2,1H3,(H,15,16)(H,19,20). The third kappa shape index (κ3) is 3.88. The highest BCUT2D eigenvalue weighted by molar-refractivity contribution is 9.10. The molecule has 6 nitrogen and oxygen atoms in total. The third-order valence-corrected chi connectivity index (χ3v) is 3.04. The van der Waals surface area contributed by atoms with Gasteiger partial charge in [0.15, 0.2) is 11.9 Å². The summed E-state index contributed by atoms with van der Waals surface area (Å²) in [5, 5.41) is 27.2. The summed E-state index contributed by atoms with van der Waals surface area (Å²) >= 11 is 3.08. The summed E-state index contributed by atoms with van der Waals surface area (Å²) in [5.41, 5.74) is 0.307. The monoisotopic (exact) mass is 344 g/mol. The fourth-order valence-electron chi connectivity index (χ4n) is 1.69. The maximum Gasteiger partial charge on any atom is 0.337 e. The van der Waals surface area contributed by atoms with Crippen LogP contribution >= 0.6 is 15.9 Å². The minimum absolute atomic E-state index is 0.00280. The number of benzene rings is 1. The van der Waals surface area contributed by atoms with Crippen molar-refractivity contribution < 1.29 is 29.7 Å². The number of carboxylic acid groups (broad SMARTS) is 2. The normalized spacial score (nSPS) is 13.6. The zero-order valence-electron chi connectivity index (χ0n) is 10.5. The summed E-state index contributed by atoms with van der Waals surface area (Å²) in [5.74, 6) is -2.97. The van der Waals surface area contributed by atoms with Gasteiger partial charge in [-0.25, -0.2) is 4.79 Å². The number of alkyl halides is 1. The smallest absolute Gasteiger partial charge is 0.337 e.